The highest BCUT2D eigenvalue weighted by Gasteiger charge is 2.04. The van der Waals surface area contributed by atoms with Gasteiger partial charge in [0.25, 0.3) is 0 Å². The quantitative estimate of drug-likeness (QED) is 0.750. The molecule has 2 rings (SSSR count). The van der Waals surface area contributed by atoms with Gasteiger partial charge in [-0.3, -0.25) is 4.79 Å². The predicted octanol–water partition coefficient (Wildman–Crippen LogP) is 3.08. The summed E-state index contributed by atoms with van der Waals surface area (Å²) in [4.78, 5) is 12.0. The van der Waals surface area contributed by atoms with Crippen molar-refractivity contribution in [2.75, 3.05) is 27.9 Å². The fourth-order valence-electron chi connectivity index (χ4n) is 2.42. The van der Waals surface area contributed by atoms with Gasteiger partial charge in [-0.05, 0) is 42.3 Å². The van der Waals surface area contributed by atoms with Gasteiger partial charge in [-0.1, -0.05) is 18.2 Å². The van der Waals surface area contributed by atoms with Crippen molar-refractivity contribution in [3.63, 3.8) is 0 Å². The van der Waals surface area contributed by atoms with E-state index in [0.717, 1.165) is 16.9 Å². The van der Waals surface area contributed by atoms with Crippen LogP contribution in [0.3, 0.4) is 0 Å². The van der Waals surface area contributed by atoms with Crippen LogP contribution >= 0.6 is 0 Å². The van der Waals surface area contributed by atoms with Gasteiger partial charge in [-0.25, -0.2) is 0 Å². The Bertz CT molecular complexity index is 740. The molecule has 0 aliphatic heterocycles. The lowest BCUT2D eigenvalue weighted by Crippen LogP contribution is -2.23. The van der Waals surface area contributed by atoms with E-state index in [-0.39, 0.29) is 5.91 Å². The second-order valence-corrected chi connectivity index (χ2v) is 5.29. The highest BCUT2D eigenvalue weighted by molar-refractivity contribution is 5.92. The van der Waals surface area contributed by atoms with Gasteiger partial charge in [0.1, 0.15) is 17.2 Å². The first kappa shape index (κ1) is 18.4. The number of para-hydroxylation sites is 1. The van der Waals surface area contributed by atoms with Crippen molar-refractivity contribution < 1.29 is 19.0 Å². The Balaban J connectivity index is 1.93. The lowest BCUT2D eigenvalue weighted by molar-refractivity contribution is -0.116. The van der Waals surface area contributed by atoms with Crippen molar-refractivity contribution >= 4 is 12.0 Å². The summed E-state index contributed by atoms with van der Waals surface area (Å²) >= 11 is 0. The summed E-state index contributed by atoms with van der Waals surface area (Å²) < 4.78 is 15.8. The van der Waals surface area contributed by atoms with E-state index in [2.05, 4.69) is 5.32 Å². The number of nitrogens with one attached hydrogen (secondary N) is 1. The van der Waals surface area contributed by atoms with Gasteiger partial charge in [0.05, 0.1) is 21.3 Å². The van der Waals surface area contributed by atoms with E-state index >= 15 is 0 Å². The molecule has 25 heavy (non-hydrogen) atoms. The van der Waals surface area contributed by atoms with Crippen LogP contribution in [0.4, 0.5) is 0 Å². The zero-order valence-corrected chi connectivity index (χ0v) is 14.7. The van der Waals surface area contributed by atoms with Gasteiger partial charge in [0, 0.05) is 18.2 Å². The number of benzene rings is 2. The molecule has 2 aromatic rings. The van der Waals surface area contributed by atoms with Crippen LogP contribution in [0, 0.1) is 0 Å². The molecule has 0 aliphatic rings. The van der Waals surface area contributed by atoms with E-state index in [9.17, 15) is 4.79 Å². The zero-order chi connectivity index (χ0) is 18.1. The SMILES string of the molecule is COc1ccc(OC)c(/C=C/C(=O)NCCc2ccccc2OC)c1. The molecule has 0 saturated heterocycles. The van der Waals surface area contributed by atoms with Crippen molar-refractivity contribution in [1.29, 1.82) is 0 Å². The second kappa shape index (κ2) is 9.37. The molecule has 0 fully saturated rings. The average molecular weight is 341 g/mol. The van der Waals surface area contributed by atoms with Gasteiger partial charge < -0.3 is 19.5 Å². The first-order valence-electron chi connectivity index (χ1n) is 7.97. The number of hydrogen-bond acceptors (Lipinski definition) is 4. The molecule has 5 heteroatoms. The summed E-state index contributed by atoms with van der Waals surface area (Å²) in [5.41, 5.74) is 1.84. The van der Waals surface area contributed by atoms with E-state index in [1.165, 1.54) is 6.08 Å². The minimum Gasteiger partial charge on any atom is -0.497 e. The van der Waals surface area contributed by atoms with E-state index in [0.29, 0.717) is 24.5 Å². The number of ether oxygens (including phenoxy) is 3. The topological polar surface area (TPSA) is 56.8 Å². The van der Waals surface area contributed by atoms with Crippen molar-refractivity contribution in [1.82, 2.24) is 5.32 Å². The number of carbonyl (C=O) groups excluding carboxylic acids is 1. The second-order valence-electron chi connectivity index (χ2n) is 5.29. The summed E-state index contributed by atoms with van der Waals surface area (Å²) in [5.74, 6) is 2.05. The lowest BCUT2D eigenvalue weighted by atomic mass is 10.1. The maximum Gasteiger partial charge on any atom is 0.244 e. The Hall–Kier alpha value is -2.95. The lowest BCUT2D eigenvalue weighted by Gasteiger charge is -2.08. The summed E-state index contributed by atoms with van der Waals surface area (Å²) in [5, 5.41) is 2.87. The van der Waals surface area contributed by atoms with Crippen molar-refractivity contribution in [2.24, 2.45) is 0 Å². The van der Waals surface area contributed by atoms with E-state index < -0.39 is 0 Å². The Morgan fingerprint density at radius 1 is 1.00 bits per heavy atom. The summed E-state index contributed by atoms with van der Waals surface area (Å²) in [6.45, 7) is 0.527. The molecule has 0 atom stereocenters. The van der Waals surface area contributed by atoms with Crippen LogP contribution in [-0.2, 0) is 11.2 Å². The smallest absolute Gasteiger partial charge is 0.244 e. The van der Waals surface area contributed by atoms with Crippen LogP contribution < -0.4 is 19.5 Å². The third kappa shape index (κ3) is 5.28. The van der Waals surface area contributed by atoms with Crippen molar-refractivity contribution in [3.05, 3.63) is 59.7 Å². The minimum atomic E-state index is -0.167. The first-order chi connectivity index (χ1) is 12.2. The van der Waals surface area contributed by atoms with Crippen LogP contribution in [0.1, 0.15) is 11.1 Å². The van der Waals surface area contributed by atoms with Gasteiger partial charge in [-0.2, -0.15) is 0 Å². The molecule has 0 aromatic heterocycles. The number of carbonyl (C=O) groups is 1. The molecule has 0 radical (unpaired) electrons. The molecule has 1 amide bonds. The fraction of sp³-hybridized carbons (Fsp3) is 0.250. The van der Waals surface area contributed by atoms with Crippen molar-refractivity contribution in [2.45, 2.75) is 6.42 Å². The number of hydrogen-bond donors (Lipinski definition) is 1. The third-order valence-corrected chi connectivity index (χ3v) is 3.74. The number of rotatable bonds is 8. The van der Waals surface area contributed by atoms with Crippen LogP contribution in [0.2, 0.25) is 0 Å². The molecule has 1 N–H and O–H groups in total. The Kier molecular flexibility index (Phi) is 6.89. The molecule has 5 nitrogen and oxygen atoms in total. The normalized spacial score (nSPS) is 10.5. The largest absolute Gasteiger partial charge is 0.497 e. The van der Waals surface area contributed by atoms with Gasteiger partial charge in [0.15, 0.2) is 0 Å². The maximum absolute atomic E-state index is 12.0. The number of methoxy groups -OCH3 is 3. The Morgan fingerprint density at radius 3 is 2.48 bits per heavy atom. The molecule has 0 unspecified atom stereocenters. The summed E-state index contributed by atoms with van der Waals surface area (Å²) in [6, 6.07) is 13.2. The minimum absolute atomic E-state index is 0.167. The average Bonchev–Trinajstić information content (AvgIpc) is 2.66. The van der Waals surface area contributed by atoms with Crippen LogP contribution in [0.25, 0.3) is 6.08 Å². The standard InChI is InChI=1S/C20H23NO4/c1-23-17-9-10-19(25-3)16(14-17)8-11-20(22)21-13-12-15-6-4-5-7-18(15)24-2/h4-11,14H,12-13H2,1-3H3,(H,21,22)/b11-8+. The van der Waals surface area contributed by atoms with Gasteiger partial charge >= 0.3 is 0 Å². The van der Waals surface area contributed by atoms with Crippen LogP contribution in [-0.4, -0.2) is 33.8 Å². The molecule has 0 heterocycles. The summed E-state index contributed by atoms with van der Waals surface area (Å²) in [7, 11) is 4.83. The fourth-order valence-corrected chi connectivity index (χ4v) is 2.42. The highest BCUT2D eigenvalue weighted by Crippen LogP contribution is 2.25. The third-order valence-electron chi connectivity index (χ3n) is 3.74. The van der Waals surface area contributed by atoms with Gasteiger partial charge in [0.2, 0.25) is 5.91 Å². The molecular weight excluding hydrogens is 318 g/mol. The molecule has 132 valence electrons. The van der Waals surface area contributed by atoms with E-state index in [1.54, 1.807) is 33.5 Å². The zero-order valence-electron chi connectivity index (χ0n) is 14.7. The molecule has 0 aliphatic carbocycles. The molecule has 0 saturated carbocycles. The Morgan fingerprint density at radius 2 is 1.76 bits per heavy atom. The van der Waals surface area contributed by atoms with Crippen molar-refractivity contribution in [3.8, 4) is 17.2 Å². The number of amides is 1. The predicted molar refractivity (Wildman–Crippen MR) is 98.3 cm³/mol. The van der Waals surface area contributed by atoms with Crippen LogP contribution in [0.15, 0.2) is 48.5 Å². The maximum atomic E-state index is 12.0. The van der Waals surface area contributed by atoms with Crippen LogP contribution in [0.5, 0.6) is 17.2 Å². The molecule has 0 spiro atoms. The highest BCUT2D eigenvalue weighted by atomic mass is 16.5. The Labute approximate surface area is 148 Å². The molecular formula is C20H23NO4. The molecule has 0 bridgehead atoms. The van der Waals surface area contributed by atoms with Gasteiger partial charge in [-0.15, -0.1) is 0 Å². The molecule has 2 aromatic carbocycles. The first-order valence-corrected chi connectivity index (χ1v) is 7.97. The summed E-state index contributed by atoms with van der Waals surface area (Å²) in [6.07, 6.45) is 3.89. The van der Waals surface area contributed by atoms with E-state index in [4.69, 9.17) is 14.2 Å². The van der Waals surface area contributed by atoms with E-state index in [1.807, 2.05) is 36.4 Å². The monoisotopic (exact) mass is 341 g/mol.